The number of rotatable bonds is 8. The summed E-state index contributed by atoms with van der Waals surface area (Å²) in [5, 5.41) is 12.9. The van der Waals surface area contributed by atoms with Crippen LogP contribution >= 0.6 is 0 Å². The molecule has 2 aliphatic rings. The standard InChI is InChI=1S/C20H24N4O4S/c21-13-15-6-8-17(9-7-15)29(25,26)24-11-2-1-3-18(24)20-22-19(23-28-20)10-12-27-14-16-4-5-16/h6-9,16,18H,1-5,10-12,14H2. The Kier molecular flexibility index (Phi) is 5.94. The molecule has 9 heteroatoms. The van der Waals surface area contributed by atoms with Crippen LogP contribution in [-0.4, -0.2) is 42.6 Å². The zero-order valence-corrected chi connectivity index (χ0v) is 17.0. The predicted octanol–water partition coefficient (Wildman–Crippen LogP) is 2.83. The molecule has 1 aliphatic heterocycles. The fraction of sp³-hybridized carbons (Fsp3) is 0.550. The van der Waals surface area contributed by atoms with Gasteiger partial charge in [-0.3, -0.25) is 0 Å². The quantitative estimate of drug-likeness (QED) is 0.609. The van der Waals surface area contributed by atoms with Crippen LogP contribution in [0, 0.1) is 17.2 Å². The van der Waals surface area contributed by atoms with E-state index >= 15 is 0 Å². The molecule has 2 fully saturated rings. The van der Waals surface area contributed by atoms with Crippen LogP contribution in [0.5, 0.6) is 0 Å². The van der Waals surface area contributed by atoms with Crippen molar-refractivity contribution in [2.24, 2.45) is 5.92 Å². The second kappa shape index (κ2) is 8.61. The van der Waals surface area contributed by atoms with Crippen LogP contribution in [0.1, 0.15) is 55.4 Å². The third-order valence-electron chi connectivity index (χ3n) is 5.33. The van der Waals surface area contributed by atoms with Crippen molar-refractivity contribution >= 4 is 10.0 Å². The molecule has 1 aromatic heterocycles. The van der Waals surface area contributed by atoms with Gasteiger partial charge in [-0.25, -0.2) is 8.42 Å². The molecule has 1 atom stereocenters. The molecule has 0 amide bonds. The normalized spacial score (nSPS) is 20.4. The first-order chi connectivity index (χ1) is 14.1. The van der Waals surface area contributed by atoms with E-state index in [0.717, 1.165) is 19.4 Å². The molecule has 0 spiro atoms. The maximum absolute atomic E-state index is 13.2. The first-order valence-corrected chi connectivity index (χ1v) is 11.4. The van der Waals surface area contributed by atoms with E-state index in [1.165, 1.54) is 41.4 Å². The number of nitrogens with zero attached hydrogens (tertiary/aromatic N) is 4. The summed E-state index contributed by atoms with van der Waals surface area (Å²) in [7, 11) is -3.73. The number of hydrogen-bond donors (Lipinski definition) is 0. The van der Waals surface area contributed by atoms with E-state index in [4.69, 9.17) is 14.5 Å². The monoisotopic (exact) mass is 416 g/mol. The van der Waals surface area contributed by atoms with Crippen LogP contribution in [0.4, 0.5) is 0 Å². The van der Waals surface area contributed by atoms with Gasteiger partial charge in [-0.05, 0) is 55.9 Å². The van der Waals surface area contributed by atoms with Crippen molar-refractivity contribution in [2.45, 2.75) is 49.5 Å². The molecule has 8 nitrogen and oxygen atoms in total. The van der Waals surface area contributed by atoms with Crippen LogP contribution < -0.4 is 0 Å². The molecule has 1 aliphatic carbocycles. The third-order valence-corrected chi connectivity index (χ3v) is 7.26. The van der Waals surface area contributed by atoms with Crippen LogP contribution in [0.2, 0.25) is 0 Å². The maximum Gasteiger partial charge on any atom is 0.245 e. The summed E-state index contributed by atoms with van der Waals surface area (Å²) in [6, 6.07) is 7.49. The average Bonchev–Trinajstić information content (AvgIpc) is 3.46. The minimum Gasteiger partial charge on any atom is -0.381 e. The summed E-state index contributed by atoms with van der Waals surface area (Å²) in [5.41, 5.74) is 0.421. The van der Waals surface area contributed by atoms with E-state index in [9.17, 15) is 8.42 Å². The highest BCUT2D eigenvalue weighted by Gasteiger charge is 2.37. The van der Waals surface area contributed by atoms with E-state index in [-0.39, 0.29) is 4.90 Å². The fourth-order valence-electron chi connectivity index (χ4n) is 3.48. The summed E-state index contributed by atoms with van der Waals surface area (Å²) in [6.45, 7) is 1.71. The number of benzene rings is 1. The smallest absolute Gasteiger partial charge is 0.245 e. The lowest BCUT2D eigenvalue weighted by molar-refractivity contribution is 0.125. The Morgan fingerprint density at radius 3 is 2.72 bits per heavy atom. The Hall–Kier alpha value is -2.28. The van der Waals surface area contributed by atoms with Gasteiger partial charge in [0.15, 0.2) is 5.82 Å². The fourth-order valence-corrected chi connectivity index (χ4v) is 5.13. The van der Waals surface area contributed by atoms with Crippen LogP contribution in [0.3, 0.4) is 0 Å². The predicted molar refractivity (Wildman–Crippen MR) is 103 cm³/mol. The lowest BCUT2D eigenvalue weighted by Gasteiger charge is -2.32. The van der Waals surface area contributed by atoms with E-state index in [1.807, 2.05) is 6.07 Å². The minimum atomic E-state index is -3.73. The Bertz CT molecular complexity index is 977. The number of aromatic nitrogens is 2. The van der Waals surface area contributed by atoms with Gasteiger partial charge in [-0.2, -0.15) is 14.6 Å². The van der Waals surface area contributed by atoms with Crippen LogP contribution in [0.25, 0.3) is 0 Å². The molecule has 1 aromatic carbocycles. The van der Waals surface area contributed by atoms with E-state index in [0.29, 0.717) is 49.2 Å². The van der Waals surface area contributed by atoms with Crippen molar-refractivity contribution in [1.29, 1.82) is 5.26 Å². The molecule has 0 bridgehead atoms. The van der Waals surface area contributed by atoms with Gasteiger partial charge in [-0.15, -0.1) is 0 Å². The Morgan fingerprint density at radius 1 is 1.21 bits per heavy atom. The minimum absolute atomic E-state index is 0.164. The van der Waals surface area contributed by atoms with Gasteiger partial charge in [0, 0.05) is 19.6 Å². The van der Waals surface area contributed by atoms with Crippen molar-refractivity contribution in [3.63, 3.8) is 0 Å². The number of hydrogen-bond acceptors (Lipinski definition) is 7. The van der Waals surface area contributed by atoms with Crippen molar-refractivity contribution in [1.82, 2.24) is 14.4 Å². The molecule has 0 radical (unpaired) electrons. The second-order valence-electron chi connectivity index (χ2n) is 7.58. The highest BCUT2D eigenvalue weighted by atomic mass is 32.2. The lowest BCUT2D eigenvalue weighted by atomic mass is 10.1. The Labute approximate surface area is 170 Å². The Morgan fingerprint density at radius 2 is 2.00 bits per heavy atom. The molecule has 1 saturated carbocycles. The van der Waals surface area contributed by atoms with Crippen molar-refractivity contribution < 1.29 is 17.7 Å². The van der Waals surface area contributed by atoms with Gasteiger partial charge in [0.05, 0.1) is 23.1 Å². The van der Waals surface area contributed by atoms with Gasteiger partial charge in [0.1, 0.15) is 6.04 Å². The largest absolute Gasteiger partial charge is 0.381 e. The van der Waals surface area contributed by atoms with Crippen LogP contribution in [-0.2, 0) is 21.2 Å². The molecule has 29 heavy (non-hydrogen) atoms. The lowest BCUT2D eigenvalue weighted by Crippen LogP contribution is -2.38. The summed E-state index contributed by atoms with van der Waals surface area (Å²) >= 11 is 0. The van der Waals surface area contributed by atoms with Gasteiger partial charge < -0.3 is 9.26 Å². The molecule has 4 rings (SSSR count). The molecule has 0 N–H and O–H groups in total. The van der Waals surface area contributed by atoms with Gasteiger partial charge in [-0.1, -0.05) is 11.6 Å². The van der Waals surface area contributed by atoms with E-state index < -0.39 is 16.1 Å². The summed E-state index contributed by atoms with van der Waals surface area (Å²) in [4.78, 5) is 4.61. The average molecular weight is 417 g/mol. The molecule has 1 unspecified atom stereocenters. The van der Waals surface area contributed by atoms with E-state index in [2.05, 4.69) is 10.1 Å². The zero-order valence-electron chi connectivity index (χ0n) is 16.2. The second-order valence-corrected chi connectivity index (χ2v) is 9.47. The molecule has 154 valence electrons. The zero-order chi connectivity index (χ0) is 20.3. The highest BCUT2D eigenvalue weighted by molar-refractivity contribution is 7.89. The third kappa shape index (κ3) is 4.66. The van der Waals surface area contributed by atoms with Gasteiger partial charge >= 0.3 is 0 Å². The number of nitriles is 1. The van der Waals surface area contributed by atoms with Crippen molar-refractivity contribution in [3.05, 3.63) is 41.5 Å². The van der Waals surface area contributed by atoms with Crippen molar-refractivity contribution in [2.75, 3.05) is 19.8 Å². The summed E-state index contributed by atoms with van der Waals surface area (Å²) in [5.74, 6) is 1.58. The number of piperidine rings is 1. The van der Waals surface area contributed by atoms with Gasteiger partial charge in [0.2, 0.25) is 15.9 Å². The Balaban J connectivity index is 1.47. The SMILES string of the molecule is N#Cc1ccc(S(=O)(=O)N2CCCCC2c2nc(CCOCC3CC3)no2)cc1. The molecule has 2 aromatic rings. The van der Waals surface area contributed by atoms with Crippen molar-refractivity contribution in [3.8, 4) is 6.07 Å². The van der Waals surface area contributed by atoms with Gasteiger partial charge in [0.25, 0.3) is 0 Å². The maximum atomic E-state index is 13.2. The molecule has 2 heterocycles. The van der Waals surface area contributed by atoms with Crippen LogP contribution in [0.15, 0.2) is 33.7 Å². The first-order valence-electron chi connectivity index (χ1n) is 10.00. The molecular formula is C20H24N4O4S. The first kappa shape index (κ1) is 20.0. The highest BCUT2D eigenvalue weighted by Crippen LogP contribution is 2.35. The van der Waals surface area contributed by atoms with E-state index in [1.54, 1.807) is 0 Å². The number of ether oxygens (including phenoxy) is 1. The summed E-state index contributed by atoms with van der Waals surface area (Å²) in [6.07, 6.45) is 5.35. The topological polar surface area (TPSA) is 109 Å². The summed E-state index contributed by atoms with van der Waals surface area (Å²) < 4.78 is 38.9. The molecular weight excluding hydrogens is 392 g/mol. The molecule has 1 saturated heterocycles. The number of sulfonamides is 1.